The summed E-state index contributed by atoms with van der Waals surface area (Å²) < 4.78 is 30.1. The molecule has 3 rings (SSSR count). The lowest BCUT2D eigenvalue weighted by Crippen LogP contribution is -2.37. The predicted molar refractivity (Wildman–Crippen MR) is 70.3 cm³/mol. The maximum Gasteiger partial charge on any atom is 0.137 e. The molecule has 0 amide bonds. The molecule has 0 aliphatic rings. The zero-order chi connectivity index (χ0) is 15.6. The van der Waals surface area contributed by atoms with Crippen molar-refractivity contribution in [1.82, 2.24) is 29.5 Å². The Morgan fingerprint density at radius 2 is 1.86 bits per heavy atom. The van der Waals surface area contributed by atoms with E-state index in [0.29, 0.717) is 0 Å². The van der Waals surface area contributed by atoms with Crippen molar-refractivity contribution in [2.45, 2.75) is 18.7 Å². The summed E-state index contributed by atoms with van der Waals surface area (Å²) in [5.41, 5.74) is -1.72. The third-order valence-corrected chi connectivity index (χ3v) is 3.23. The van der Waals surface area contributed by atoms with Crippen molar-refractivity contribution in [3.05, 3.63) is 60.7 Å². The molecule has 0 bridgehead atoms. The van der Waals surface area contributed by atoms with Crippen molar-refractivity contribution in [3.63, 3.8) is 0 Å². The zero-order valence-corrected chi connectivity index (χ0v) is 11.3. The number of halogens is 2. The number of hydrogen-bond donors (Lipinski definition) is 1. The first kappa shape index (κ1) is 14.3. The molecule has 0 fully saturated rings. The molecule has 7 nitrogen and oxygen atoms in total. The minimum absolute atomic E-state index is 0.0254. The molecular formula is C13H12F2N6O. The first-order valence-electron chi connectivity index (χ1n) is 6.39. The van der Waals surface area contributed by atoms with Crippen molar-refractivity contribution in [2.24, 2.45) is 0 Å². The lowest BCUT2D eigenvalue weighted by Gasteiger charge is -2.29. The Morgan fingerprint density at radius 3 is 2.50 bits per heavy atom. The van der Waals surface area contributed by atoms with E-state index >= 15 is 0 Å². The fraction of sp³-hybridized carbons (Fsp3) is 0.231. The van der Waals surface area contributed by atoms with Gasteiger partial charge in [0.05, 0.1) is 13.1 Å². The zero-order valence-electron chi connectivity index (χ0n) is 11.3. The van der Waals surface area contributed by atoms with E-state index in [0.717, 1.165) is 12.1 Å². The Labute approximate surface area is 123 Å². The summed E-state index contributed by atoms with van der Waals surface area (Å²) >= 11 is 0. The van der Waals surface area contributed by atoms with Crippen LogP contribution >= 0.6 is 0 Å². The van der Waals surface area contributed by atoms with Crippen LogP contribution in [0.3, 0.4) is 0 Å². The van der Waals surface area contributed by atoms with Crippen LogP contribution < -0.4 is 0 Å². The first-order valence-corrected chi connectivity index (χ1v) is 6.39. The number of aliphatic hydroxyl groups is 1. The van der Waals surface area contributed by atoms with Crippen molar-refractivity contribution in [1.29, 1.82) is 0 Å². The number of benzene rings is 1. The van der Waals surface area contributed by atoms with Gasteiger partial charge in [-0.2, -0.15) is 5.10 Å². The Morgan fingerprint density at radius 1 is 1.09 bits per heavy atom. The topological polar surface area (TPSA) is 81.6 Å². The van der Waals surface area contributed by atoms with E-state index in [4.69, 9.17) is 0 Å². The van der Waals surface area contributed by atoms with Crippen molar-refractivity contribution in [2.75, 3.05) is 0 Å². The lowest BCUT2D eigenvalue weighted by molar-refractivity contribution is -0.00554. The second-order valence-electron chi connectivity index (χ2n) is 4.88. The molecule has 0 spiro atoms. The van der Waals surface area contributed by atoms with Crippen LogP contribution in [-0.2, 0) is 18.7 Å². The summed E-state index contributed by atoms with van der Waals surface area (Å²) in [7, 11) is 0. The van der Waals surface area contributed by atoms with Crippen LogP contribution in [0.5, 0.6) is 0 Å². The highest BCUT2D eigenvalue weighted by molar-refractivity contribution is 5.25. The van der Waals surface area contributed by atoms with Gasteiger partial charge in [-0.05, 0) is 6.07 Å². The van der Waals surface area contributed by atoms with Gasteiger partial charge in [0.25, 0.3) is 0 Å². The molecule has 2 heterocycles. The third kappa shape index (κ3) is 2.84. The largest absolute Gasteiger partial charge is 0.381 e. The Kier molecular flexibility index (Phi) is 3.63. The van der Waals surface area contributed by atoms with Gasteiger partial charge in [-0.3, -0.25) is 0 Å². The second kappa shape index (κ2) is 5.60. The third-order valence-electron chi connectivity index (χ3n) is 3.23. The summed E-state index contributed by atoms with van der Waals surface area (Å²) in [5.74, 6) is -1.55. The van der Waals surface area contributed by atoms with Gasteiger partial charge >= 0.3 is 0 Å². The molecule has 2 aromatic heterocycles. The van der Waals surface area contributed by atoms with Gasteiger partial charge in [0.2, 0.25) is 0 Å². The molecule has 1 aromatic carbocycles. The highest BCUT2D eigenvalue weighted by atomic mass is 19.1. The van der Waals surface area contributed by atoms with Crippen molar-refractivity contribution in [3.8, 4) is 0 Å². The molecule has 1 N–H and O–H groups in total. The fourth-order valence-corrected chi connectivity index (χ4v) is 2.28. The molecule has 0 saturated heterocycles. The van der Waals surface area contributed by atoms with E-state index in [-0.39, 0.29) is 18.7 Å². The quantitative estimate of drug-likeness (QED) is 0.752. The van der Waals surface area contributed by atoms with Gasteiger partial charge in [0.15, 0.2) is 0 Å². The standard InChI is InChI=1S/C13H12F2N6O/c14-10-1-2-11(12(15)3-10)13(22,4-20-8-17-18-9-20)5-21-7-16-6-19-21/h1-3,6-9,22H,4-5H2/t13-/m0/s1. The molecule has 0 unspecified atom stereocenters. The van der Waals surface area contributed by atoms with E-state index < -0.39 is 17.2 Å². The molecule has 114 valence electrons. The summed E-state index contributed by atoms with van der Waals surface area (Å²) in [6.07, 6.45) is 5.50. The minimum atomic E-state index is -1.67. The maximum absolute atomic E-state index is 14.1. The SMILES string of the molecule is O[C@@](Cn1cnnc1)(Cn1cncn1)c1ccc(F)cc1F. The van der Waals surface area contributed by atoms with E-state index in [1.807, 2.05) is 0 Å². The highest BCUT2D eigenvalue weighted by Crippen LogP contribution is 2.28. The van der Waals surface area contributed by atoms with Crippen LogP contribution in [0.2, 0.25) is 0 Å². The summed E-state index contributed by atoms with van der Waals surface area (Å²) in [6.45, 7) is -0.0872. The van der Waals surface area contributed by atoms with E-state index in [2.05, 4.69) is 20.3 Å². The van der Waals surface area contributed by atoms with Gasteiger partial charge in [0.1, 0.15) is 42.5 Å². The Hall–Kier alpha value is -2.68. The average molecular weight is 306 g/mol. The fourth-order valence-electron chi connectivity index (χ4n) is 2.28. The van der Waals surface area contributed by atoms with Crippen LogP contribution in [0.25, 0.3) is 0 Å². The number of aromatic nitrogens is 6. The minimum Gasteiger partial charge on any atom is -0.381 e. The predicted octanol–water partition coefficient (Wildman–Crippen LogP) is 0.736. The molecule has 0 saturated carbocycles. The number of nitrogens with zero attached hydrogens (tertiary/aromatic N) is 6. The number of hydrogen-bond acceptors (Lipinski definition) is 5. The number of rotatable bonds is 5. The first-order chi connectivity index (χ1) is 10.6. The molecular weight excluding hydrogens is 294 g/mol. The van der Waals surface area contributed by atoms with Crippen LogP contribution in [-0.4, -0.2) is 34.6 Å². The van der Waals surface area contributed by atoms with Gasteiger partial charge < -0.3 is 9.67 Å². The van der Waals surface area contributed by atoms with Crippen LogP contribution in [0.1, 0.15) is 5.56 Å². The molecule has 0 radical (unpaired) electrons. The van der Waals surface area contributed by atoms with Gasteiger partial charge in [-0.1, -0.05) is 6.07 Å². The summed E-state index contributed by atoms with van der Waals surface area (Å²) in [6, 6.07) is 3.04. The lowest BCUT2D eigenvalue weighted by atomic mass is 9.93. The summed E-state index contributed by atoms with van der Waals surface area (Å²) in [5, 5.41) is 22.2. The van der Waals surface area contributed by atoms with Crippen molar-refractivity contribution < 1.29 is 13.9 Å². The average Bonchev–Trinajstić information content (AvgIpc) is 3.12. The Balaban J connectivity index is 2.01. The molecule has 9 heteroatoms. The maximum atomic E-state index is 14.1. The normalized spacial score (nSPS) is 14.0. The molecule has 0 aliphatic heterocycles. The highest BCUT2D eigenvalue weighted by Gasteiger charge is 2.34. The Bertz CT molecular complexity index is 708. The monoisotopic (exact) mass is 306 g/mol. The smallest absolute Gasteiger partial charge is 0.137 e. The molecule has 0 aliphatic carbocycles. The molecule has 22 heavy (non-hydrogen) atoms. The van der Waals surface area contributed by atoms with E-state index in [1.54, 1.807) is 0 Å². The van der Waals surface area contributed by atoms with Gasteiger partial charge in [-0.15, -0.1) is 10.2 Å². The van der Waals surface area contributed by atoms with Crippen LogP contribution in [0.4, 0.5) is 8.78 Å². The molecule has 1 atom stereocenters. The van der Waals surface area contributed by atoms with Crippen LogP contribution in [0, 0.1) is 11.6 Å². The van der Waals surface area contributed by atoms with Gasteiger partial charge in [-0.25, -0.2) is 18.4 Å². The summed E-state index contributed by atoms with van der Waals surface area (Å²) in [4.78, 5) is 3.79. The second-order valence-corrected chi connectivity index (χ2v) is 4.88. The molecule has 3 aromatic rings. The van der Waals surface area contributed by atoms with Crippen molar-refractivity contribution >= 4 is 0 Å². The van der Waals surface area contributed by atoms with Gasteiger partial charge in [0, 0.05) is 11.6 Å². The van der Waals surface area contributed by atoms with E-state index in [1.165, 1.54) is 40.6 Å². The van der Waals surface area contributed by atoms with Crippen LogP contribution in [0.15, 0.2) is 43.5 Å². The van der Waals surface area contributed by atoms with E-state index in [9.17, 15) is 13.9 Å².